The van der Waals surface area contributed by atoms with Gasteiger partial charge in [0, 0.05) is 13.1 Å². The first-order valence-electron chi connectivity index (χ1n) is 4.76. The Labute approximate surface area is 84.6 Å². The van der Waals surface area contributed by atoms with Crippen molar-refractivity contribution in [3.8, 4) is 12.3 Å². The molecular formula is C10H16N2O2. The van der Waals surface area contributed by atoms with Crippen LogP contribution in [0.15, 0.2) is 0 Å². The highest BCUT2D eigenvalue weighted by Gasteiger charge is 2.18. The Morgan fingerprint density at radius 3 is 3.21 bits per heavy atom. The fraction of sp³-hybridized carbons (Fsp3) is 0.700. The van der Waals surface area contributed by atoms with E-state index < -0.39 is 0 Å². The number of carbonyl (C=O) groups is 1. The Morgan fingerprint density at radius 2 is 2.57 bits per heavy atom. The Morgan fingerprint density at radius 1 is 1.79 bits per heavy atom. The summed E-state index contributed by atoms with van der Waals surface area (Å²) in [5, 5.41) is 2.64. The predicted octanol–water partition coefficient (Wildman–Crippen LogP) is -0.543. The van der Waals surface area contributed by atoms with Gasteiger partial charge in [-0.2, -0.15) is 0 Å². The number of nitrogens with zero attached hydrogens (tertiary/aromatic N) is 1. The first kappa shape index (κ1) is 11.0. The minimum Gasteiger partial charge on any atom is -0.376 e. The highest BCUT2D eigenvalue weighted by atomic mass is 16.5. The summed E-state index contributed by atoms with van der Waals surface area (Å²) in [5.41, 5.74) is 0. The van der Waals surface area contributed by atoms with Gasteiger partial charge in [-0.1, -0.05) is 5.92 Å². The molecule has 4 heteroatoms. The minimum atomic E-state index is -0.0166. The maximum atomic E-state index is 11.3. The Hall–Kier alpha value is -1.05. The van der Waals surface area contributed by atoms with Gasteiger partial charge in [-0.3, -0.25) is 9.69 Å². The fourth-order valence-electron chi connectivity index (χ4n) is 1.44. The Kier molecular flexibility index (Phi) is 4.44. The van der Waals surface area contributed by atoms with Crippen molar-refractivity contribution >= 4 is 5.91 Å². The van der Waals surface area contributed by atoms with Gasteiger partial charge in [0.25, 0.3) is 0 Å². The molecule has 1 amide bonds. The molecule has 1 aliphatic rings. The molecule has 0 aromatic carbocycles. The van der Waals surface area contributed by atoms with Gasteiger partial charge in [-0.05, 0) is 6.92 Å². The SMILES string of the molecule is C#CCNC(=O)CN1CCOC(C)C1. The van der Waals surface area contributed by atoms with E-state index in [-0.39, 0.29) is 12.0 Å². The number of hydrogen-bond donors (Lipinski definition) is 1. The third-order valence-electron chi connectivity index (χ3n) is 2.08. The van der Waals surface area contributed by atoms with Crippen LogP contribution in [0.1, 0.15) is 6.92 Å². The van der Waals surface area contributed by atoms with E-state index in [9.17, 15) is 4.79 Å². The molecule has 1 N–H and O–H groups in total. The highest BCUT2D eigenvalue weighted by molar-refractivity contribution is 5.78. The summed E-state index contributed by atoms with van der Waals surface area (Å²) in [5.74, 6) is 2.35. The average molecular weight is 196 g/mol. The molecule has 0 spiro atoms. The number of morpholine rings is 1. The lowest BCUT2D eigenvalue weighted by Crippen LogP contribution is -2.46. The number of hydrogen-bond acceptors (Lipinski definition) is 3. The molecule has 0 aromatic rings. The van der Waals surface area contributed by atoms with Crippen molar-refractivity contribution in [1.82, 2.24) is 10.2 Å². The van der Waals surface area contributed by atoms with Crippen LogP contribution in [0.25, 0.3) is 0 Å². The maximum Gasteiger partial charge on any atom is 0.234 e. The maximum absolute atomic E-state index is 11.3. The first-order valence-corrected chi connectivity index (χ1v) is 4.76. The molecule has 0 aliphatic carbocycles. The molecule has 1 atom stereocenters. The summed E-state index contributed by atoms with van der Waals surface area (Å²) in [4.78, 5) is 13.4. The third-order valence-corrected chi connectivity index (χ3v) is 2.08. The van der Waals surface area contributed by atoms with Crippen molar-refractivity contribution in [3.05, 3.63) is 0 Å². The molecule has 1 fully saturated rings. The third kappa shape index (κ3) is 3.77. The number of rotatable bonds is 3. The van der Waals surface area contributed by atoms with E-state index in [4.69, 9.17) is 11.2 Å². The molecule has 14 heavy (non-hydrogen) atoms. The summed E-state index contributed by atoms with van der Waals surface area (Å²) >= 11 is 0. The van der Waals surface area contributed by atoms with Crippen LogP contribution in [0.2, 0.25) is 0 Å². The van der Waals surface area contributed by atoms with Crippen LogP contribution in [0.5, 0.6) is 0 Å². The largest absolute Gasteiger partial charge is 0.376 e. The summed E-state index contributed by atoms with van der Waals surface area (Å²) in [6.07, 6.45) is 5.25. The molecule has 1 aliphatic heterocycles. The normalized spacial score (nSPS) is 22.7. The lowest BCUT2D eigenvalue weighted by Gasteiger charge is -2.30. The van der Waals surface area contributed by atoms with Crippen LogP contribution in [-0.2, 0) is 9.53 Å². The van der Waals surface area contributed by atoms with Crippen LogP contribution < -0.4 is 5.32 Å². The van der Waals surface area contributed by atoms with E-state index in [1.807, 2.05) is 6.92 Å². The number of ether oxygens (including phenoxy) is 1. The molecular weight excluding hydrogens is 180 g/mol. The molecule has 0 radical (unpaired) electrons. The number of carbonyl (C=O) groups excluding carboxylic acids is 1. The van der Waals surface area contributed by atoms with Crippen molar-refractivity contribution in [2.24, 2.45) is 0 Å². The molecule has 1 rings (SSSR count). The second-order valence-corrected chi connectivity index (χ2v) is 3.40. The average Bonchev–Trinajstić information content (AvgIpc) is 2.15. The highest BCUT2D eigenvalue weighted by Crippen LogP contribution is 2.02. The molecule has 1 heterocycles. The van der Waals surface area contributed by atoms with Crippen LogP contribution in [0.3, 0.4) is 0 Å². The van der Waals surface area contributed by atoms with Crippen LogP contribution in [0.4, 0.5) is 0 Å². The van der Waals surface area contributed by atoms with E-state index in [2.05, 4.69) is 16.1 Å². The zero-order valence-electron chi connectivity index (χ0n) is 8.45. The smallest absolute Gasteiger partial charge is 0.234 e. The molecule has 0 bridgehead atoms. The van der Waals surface area contributed by atoms with Crippen LogP contribution in [0, 0.1) is 12.3 Å². The summed E-state index contributed by atoms with van der Waals surface area (Å²) in [7, 11) is 0. The topological polar surface area (TPSA) is 41.6 Å². The van der Waals surface area contributed by atoms with Crippen molar-refractivity contribution in [1.29, 1.82) is 0 Å². The standard InChI is InChI=1S/C10H16N2O2/c1-3-4-11-10(13)8-12-5-6-14-9(2)7-12/h1,9H,4-8H2,2H3,(H,11,13). The van der Waals surface area contributed by atoms with Gasteiger partial charge in [-0.25, -0.2) is 0 Å². The van der Waals surface area contributed by atoms with Gasteiger partial charge in [0.1, 0.15) is 0 Å². The van der Waals surface area contributed by atoms with E-state index in [1.54, 1.807) is 0 Å². The molecule has 0 aromatic heterocycles. The van der Waals surface area contributed by atoms with Crippen LogP contribution in [-0.4, -0.2) is 49.7 Å². The van der Waals surface area contributed by atoms with Crippen molar-refractivity contribution in [2.45, 2.75) is 13.0 Å². The summed E-state index contributed by atoms with van der Waals surface area (Å²) in [6, 6.07) is 0. The predicted molar refractivity (Wildman–Crippen MR) is 53.7 cm³/mol. The monoisotopic (exact) mass is 196 g/mol. The Balaban J connectivity index is 2.22. The zero-order valence-corrected chi connectivity index (χ0v) is 8.45. The van der Waals surface area contributed by atoms with E-state index in [0.29, 0.717) is 19.7 Å². The van der Waals surface area contributed by atoms with Crippen molar-refractivity contribution in [2.75, 3.05) is 32.8 Å². The number of nitrogens with one attached hydrogen (secondary N) is 1. The van der Waals surface area contributed by atoms with E-state index in [0.717, 1.165) is 13.1 Å². The first-order chi connectivity index (χ1) is 6.72. The molecule has 4 nitrogen and oxygen atoms in total. The van der Waals surface area contributed by atoms with Gasteiger partial charge >= 0.3 is 0 Å². The van der Waals surface area contributed by atoms with Gasteiger partial charge in [0.2, 0.25) is 5.91 Å². The fourth-order valence-corrected chi connectivity index (χ4v) is 1.44. The van der Waals surface area contributed by atoms with Crippen molar-refractivity contribution < 1.29 is 9.53 Å². The number of terminal acetylenes is 1. The number of amides is 1. The molecule has 0 saturated carbocycles. The van der Waals surface area contributed by atoms with Gasteiger partial charge < -0.3 is 10.1 Å². The van der Waals surface area contributed by atoms with Gasteiger partial charge in [0.05, 0.1) is 25.8 Å². The lowest BCUT2D eigenvalue weighted by atomic mass is 10.3. The molecule has 78 valence electrons. The van der Waals surface area contributed by atoms with Crippen LogP contribution >= 0.6 is 0 Å². The van der Waals surface area contributed by atoms with E-state index >= 15 is 0 Å². The lowest BCUT2D eigenvalue weighted by molar-refractivity contribution is -0.123. The van der Waals surface area contributed by atoms with Crippen molar-refractivity contribution in [3.63, 3.8) is 0 Å². The summed E-state index contributed by atoms with van der Waals surface area (Å²) in [6.45, 7) is 5.04. The second kappa shape index (κ2) is 5.63. The quantitative estimate of drug-likeness (QED) is 0.616. The minimum absolute atomic E-state index is 0.0166. The van der Waals surface area contributed by atoms with Gasteiger partial charge in [0.15, 0.2) is 0 Å². The molecule has 1 saturated heterocycles. The van der Waals surface area contributed by atoms with E-state index in [1.165, 1.54) is 0 Å². The van der Waals surface area contributed by atoms with Gasteiger partial charge in [-0.15, -0.1) is 6.42 Å². The Bertz CT molecular complexity index is 235. The second-order valence-electron chi connectivity index (χ2n) is 3.40. The zero-order chi connectivity index (χ0) is 10.4. The summed E-state index contributed by atoms with van der Waals surface area (Å²) < 4.78 is 5.37. The molecule has 1 unspecified atom stereocenters.